The maximum absolute atomic E-state index is 6.34. The second kappa shape index (κ2) is 4.56. The van der Waals surface area contributed by atoms with Gasteiger partial charge in [0.2, 0.25) is 0 Å². The minimum atomic E-state index is 0.295. The summed E-state index contributed by atoms with van der Waals surface area (Å²) in [5.74, 6) is 2.63. The first-order valence-corrected chi connectivity index (χ1v) is 7.53. The molecule has 0 aromatic heterocycles. The molecule has 3 unspecified atom stereocenters. The maximum Gasteiger partial charge on any atom is 0.0449 e. The average Bonchev–Trinajstić information content (AvgIpc) is 2.77. The summed E-state index contributed by atoms with van der Waals surface area (Å²) in [6.07, 6.45) is 5.13. The highest BCUT2D eigenvalue weighted by atomic mass is 79.9. The molecule has 2 aliphatic carbocycles. The van der Waals surface area contributed by atoms with Gasteiger partial charge in [0.15, 0.2) is 0 Å². The number of rotatable bonds is 3. The van der Waals surface area contributed by atoms with Crippen molar-refractivity contribution in [3.63, 3.8) is 0 Å². The fourth-order valence-electron chi connectivity index (χ4n) is 3.59. The van der Waals surface area contributed by atoms with Crippen LogP contribution in [0.5, 0.6) is 0 Å². The molecule has 3 rings (SSSR count). The highest BCUT2D eigenvalue weighted by Crippen LogP contribution is 2.58. The molecule has 0 heterocycles. The normalized spacial score (nSPS) is 32.3. The fourth-order valence-corrected chi connectivity index (χ4v) is 4.34. The van der Waals surface area contributed by atoms with Gasteiger partial charge in [-0.2, -0.15) is 0 Å². The minimum Gasteiger partial charge on any atom is -0.327 e. The second-order valence-electron chi connectivity index (χ2n) is 5.44. The first-order chi connectivity index (χ1) is 8.16. The van der Waals surface area contributed by atoms with Crippen molar-refractivity contribution in [3.8, 4) is 0 Å². The third-order valence-electron chi connectivity index (χ3n) is 4.44. The Hall–Kier alpha value is -0.0500. The molecular formula is C14H17BrClN. The van der Waals surface area contributed by atoms with Gasteiger partial charge < -0.3 is 5.73 Å². The lowest BCUT2D eigenvalue weighted by Gasteiger charge is -2.14. The summed E-state index contributed by atoms with van der Waals surface area (Å²) >= 11 is 9.66. The Kier molecular flexibility index (Phi) is 3.22. The quantitative estimate of drug-likeness (QED) is 0.896. The predicted molar refractivity (Wildman–Crippen MR) is 75.2 cm³/mol. The van der Waals surface area contributed by atoms with Gasteiger partial charge in [0, 0.05) is 15.5 Å². The van der Waals surface area contributed by atoms with Gasteiger partial charge in [0.25, 0.3) is 0 Å². The van der Waals surface area contributed by atoms with Crippen LogP contribution in [0, 0.1) is 17.8 Å². The van der Waals surface area contributed by atoms with Crippen LogP contribution in [0.1, 0.15) is 24.8 Å². The summed E-state index contributed by atoms with van der Waals surface area (Å²) in [5.41, 5.74) is 7.53. The zero-order valence-corrected chi connectivity index (χ0v) is 12.0. The molecule has 2 N–H and O–H groups in total. The average molecular weight is 315 g/mol. The van der Waals surface area contributed by atoms with Gasteiger partial charge in [-0.3, -0.25) is 0 Å². The van der Waals surface area contributed by atoms with E-state index in [9.17, 15) is 0 Å². The van der Waals surface area contributed by atoms with Crippen LogP contribution in [0.3, 0.4) is 0 Å². The van der Waals surface area contributed by atoms with Crippen molar-refractivity contribution in [1.82, 2.24) is 0 Å². The van der Waals surface area contributed by atoms with E-state index in [1.54, 1.807) is 0 Å². The van der Waals surface area contributed by atoms with Gasteiger partial charge in [-0.15, -0.1) is 0 Å². The number of fused-ring (bicyclic) bond motifs is 1. The molecule has 2 aliphatic rings. The number of hydrogen-bond donors (Lipinski definition) is 1. The van der Waals surface area contributed by atoms with Crippen molar-refractivity contribution in [2.75, 3.05) is 0 Å². The molecule has 0 aliphatic heterocycles. The summed E-state index contributed by atoms with van der Waals surface area (Å²) in [6.45, 7) is 0. The molecule has 0 spiro atoms. The molecular weight excluding hydrogens is 298 g/mol. The van der Waals surface area contributed by atoms with E-state index in [1.165, 1.54) is 24.8 Å². The van der Waals surface area contributed by atoms with Crippen LogP contribution in [0.25, 0.3) is 0 Å². The van der Waals surface area contributed by atoms with Crippen LogP contribution in [-0.2, 0) is 6.42 Å². The molecule has 1 aromatic rings. The van der Waals surface area contributed by atoms with E-state index >= 15 is 0 Å². The number of benzene rings is 1. The Morgan fingerprint density at radius 1 is 1.35 bits per heavy atom. The monoisotopic (exact) mass is 313 g/mol. The van der Waals surface area contributed by atoms with E-state index in [0.29, 0.717) is 6.04 Å². The number of nitrogens with two attached hydrogens (primary N) is 1. The molecule has 3 atom stereocenters. The number of hydrogen-bond acceptors (Lipinski definition) is 1. The molecule has 17 heavy (non-hydrogen) atoms. The molecule has 2 saturated carbocycles. The van der Waals surface area contributed by atoms with E-state index in [4.69, 9.17) is 17.3 Å². The Balaban J connectivity index is 1.66. The van der Waals surface area contributed by atoms with Crippen LogP contribution in [0.4, 0.5) is 0 Å². The van der Waals surface area contributed by atoms with Crippen molar-refractivity contribution in [2.24, 2.45) is 23.5 Å². The van der Waals surface area contributed by atoms with E-state index in [-0.39, 0.29) is 0 Å². The van der Waals surface area contributed by atoms with E-state index in [0.717, 1.165) is 33.7 Å². The Bertz CT molecular complexity index is 424. The first-order valence-electron chi connectivity index (χ1n) is 6.36. The molecule has 0 amide bonds. The highest BCUT2D eigenvalue weighted by Gasteiger charge is 2.54. The standard InChI is InChI=1S/C14H17BrClN/c15-9-5-4-8(12(16)7-9)6-13(17)14-10-2-1-3-11(10)14/h4-5,7,10-11,13-14H,1-3,6,17H2. The molecule has 92 valence electrons. The smallest absolute Gasteiger partial charge is 0.0449 e. The summed E-state index contributed by atoms with van der Waals surface area (Å²) in [6, 6.07) is 6.38. The van der Waals surface area contributed by atoms with Gasteiger partial charge in [0.1, 0.15) is 0 Å². The van der Waals surface area contributed by atoms with Crippen molar-refractivity contribution in [1.29, 1.82) is 0 Å². The number of halogens is 2. The van der Waals surface area contributed by atoms with Gasteiger partial charge >= 0.3 is 0 Å². The SMILES string of the molecule is NC(Cc1ccc(Br)cc1Cl)C1C2CCCC21. The Labute approximate surface area is 116 Å². The van der Waals surface area contributed by atoms with Crippen LogP contribution >= 0.6 is 27.5 Å². The second-order valence-corrected chi connectivity index (χ2v) is 6.76. The molecule has 0 bridgehead atoms. The lowest BCUT2D eigenvalue weighted by atomic mass is 9.98. The first kappa shape index (κ1) is 12.0. The zero-order chi connectivity index (χ0) is 12.0. The third-order valence-corrected chi connectivity index (χ3v) is 5.28. The Morgan fingerprint density at radius 3 is 2.71 bits per heavy atom. The minimum absolute atomic E-state index is 0.295. The van der Waals surface area contributed by atoms with Crippen molar-refractivity contribution < 1.29 is 0 Å². The van der Waals surface area contributed by atoms with Gasteiger partial charge in [0.05, 0.1) is 0 Å². The zero-order valence-electron chi connectivity index (χ0n) is 9.70. The van der Waals surface area contributed by atoms with Crippen molar-refractivity contribution in [2.45, 2.75) is 31.7 Å². The molecule has 1 aromatic carbocycles. The largest absolute Gasteiger partial charge is 0.327 e. The van der Waals surface area contributed by atoms with Crippen molar-refractivity contribution >= 4 is 27.5 Å². The summed E-state index contributed by atoms with van der Waals surface area (Å²) in [7, 11) is 0. The van der Waals surface area contributed by atoms with Gasteiger partial charge in [-0.1, -0.05) is 40.0 Å². The Morgan fingerprint density at radius 2 is 2.06 bits per heavy atom. The van der Waals surface area contributed by atoms with Crippen LogP contribution in [0.15, 0.2) is 22.7 Å². The molecule has 1 nitrogen and oxygen atoms in total. The topological polar surface area (TPSA) is 26.0 Å². The maximum atomic E-state index is 6.34. The van der Waals surface area contributed by atoms with E-state index < -0.39 is 0 Å². The summed E-state index contributed by atoms with van der Waals surface area (Å²) < 4.78 is 1.03. The summed E-state index contributed by atoms with van der Waals surface area (Å²) in [4.78, 5) is 0. The van der Waals surface area contributed by atoms with Crippen LogP contribution < -0.4 is 5.73 Å². The molecule has 3 heteroatoms. The molecule has 2 fully saturated rings. The highest BCUT2D eigenvalue weighted by molar-refractivity contribution is 9.10. The fraction of sp³-hybridized carbons (Fsp3) is 0.571. The van der Waals surface area contributed by atoms with Crippen LogP contribution in [0.2, 0.25) is 5.02 Å². The van der Waals surface area contributed by atoms with Crippen LogP contribution in [-0.4, -0.2) is 6.04 Å². The van der Waals surface area contributed by atoms with E-state index in [1.807, 2.05) is 12.1 Å². The van der Waals surface area contributed by atoms with E-state index in [2.05, 4.69) is 22.0 Å². The summed E-state index contributed by atoms with van der Waals surface area (Å²) in [5, 5.41) is 0.834. The predicted octanol–water partition coefficient (Wildman–Crippen LogP) is 4.02. The lowest BCUT2D eigenvalue weighted by Crippen LogP contribution is -2.27. The lowest BCUT2D eigenvalue weighted by molar-refractivity contribution is 0.484. The van der Waals surface area contributed by atoms with Gasteiger partial charge in [-0.25, -0.2) is 0 Å². The van der Waals surface area contributed by atoms with Gasteiger partial charge in [-0.05, 0) is 54.7 Å². The van der Waals surface area contributed by atoms with Crippen molar-refractivity contribution in [3.05, 3.63) is 33.3 Å². The third kappa shape index (κ3) is 2.27. The molecule has 0 saturated heterocycles. The molecule has 0 radical (unpaired) electrons.